The first-order valence-electron chi connectivity index (χ1n) is 5.70. The van der Waals surface area contributed by atoms with E-state index in [2.05, 4.69) is 22.6 Å². The molecule has 0 unspecified atom stereocenters. The van der Waals surface area contributed by atoms with Crippen LogP contribution in [0.15, 0.2) is 30.5 Å². The summed E-state index contributed by atoms with van der Waals surface area (Å²) in [5, 5.41) is 0. The summed E-state index contributed by atoms with van der Waals surface area (Å²) in [6, 6.07) is 7.52. The van der Waals surface area contributed by atoms with Crippen molar-refractivity contribution in [2.45, 2.75) is 6.54 Å². The third kappa shape index (κ3) is 2.91. The number of benzene rings is 1. The van der Waals surface area contributed by atoms with E-state index in [0.717, 1.165) is 15.4 Å². The number of carbonyl (C=O) groups excluding carboxylic acids is 1. The number of methoxy groups -OCH3 is 2. The molecular formula is C14H14INO3. The maximum Gasteiger partial charge on any atom is 0.166 e. The molecule has 0 N–H and O–H groups in total. The van der Waals surface area contributed by atoms with Crippen LogP contribution in [0, 0.1) is 3.57 Å². The Bertz CT molecular complexity index is 592. The van der Waals surface area contributed by atoms with E-state index in [4.69, 9.17) is 9.47 Å². The summed E-state index contributed by atoms with van der Waals surface area (Å²) < 4.78 is 13.5. The third-order valence-corrected chi connectivity index (χ3v) is 3.88. The van der Waals surface area contributed by atoms with Gasteiger partial charge in [0.25, 0.3) is 0 Å². The SMILES string of the molecule is COc1cc(I)c(Cn2cccc2C=O)cc1OC. The lowest BCUT2D eigenvalue weighted by Gasteiger charge is -2.13. The van der Waals surface area contributed by atoms with Crippen LogP contribution < -0.4 is 9.47 Å². The Balaban J connectivity index is 2.37. The number of carbonyl (C=O) groups is 1. The summed E-state index contributed by atoms with van der Waals surface area (Å²) in [5.41, 5.74) is 1.74. The number of hydrogen-bond donors (Lipinski definition) is 0. The first-order chi connectivity index (χ1) is 9.19. The molecule has 0 radical (unpaired) electrons. The molecule has 0 atom stereocenters. The van der Waals surface area contributed by atoms with Crippen molar-refractivity contribution in [1.29, 1.82) is 0 Å². The van der Waals surface area contributed by atoms with Gasteiger partial charge < -0.3 is 14.0 Å². The van der Waals surface area contributed by atoms with Gasteiger partial charge in [0.1, 0.15) is 0 Å². The number of aldehydes is 1. The highest BCUT2D eigenvalue weighted by atomic mass is 127. The van der Waals surface area contributed by atoms with Crippen LogP contribution in [0.2, 0.25) is 0 Å². The van der Waals surface area contributed by atoms with Crippen LogP contribution in [-0.4, -0.2) is 25.1 Å². The molecule has 19 heavy (non-hydrogen) atoms. The Morgan fingerprint density at radius 1 is 1.26 bits per heavy atom. The minimum Gasteiger partial charge on any atom is -0.493 e. The van der Waals surface area contributed by atoms with Crippen molar-refractivity contribution >= 4 is 28.9 Å². The minimum absolute atomic E-state index is 0.625. The van der Waals surface area contributed by atoms with E-state index in [1.807, 2.05) is 29.0 Å². The zero-order valence-corrected chi connectivity index (χ0v) is 12.9. The molecule has 0 spiro atoms. The smallest absolute Gasteiger partial charge is 0.166 e. The molecule has 2 aromatic rings. The van der Waals surface area contributed by atoms with Gasteiger partial charge in [-0.1, -0.05) is 0 Å². The van der Waals surface area contributed by atoms with Crippen LogP contribution in [0.1, 0.15) is 16.1 Å². The molecule has 2 rings (SSSR count). The second kappa shape index (κ2) is 6.10. The Morgan fingerprint density at radius 3 is 2.58 bits per heavy atom. The molecule has 5 heteroatoms. The number of nitrogens with zero attached hydrogens (tertiary/aromatic N) is 1. The Labute approximate surface area is 125 Å². The molecule has 0 saturated heterocycles. The fourth-order valence-corrected chi connectivity index (χ4v) is 2.49. The normalized spacial score (nSPS) is 10.3. The van der Waals surface area contributed by atoms with Gasteiger partial charge in [0, 0.05) is 16.3 Å². The second-order valence-electron chi connectivity index (χ2n) is 3.98. The monoisotopic (exact) mass is 371 g/mol. The fourth-order valence-electron chi connectivity index (χ4n) is 1.88. The van der Waals surface area contributed by atoms with Crippen LogP contribution in [0.25, 0.3) is 0 Å². The standard InChI is InChI=1S/C14H14INO3/c1-18-13-6-10(12(15)7-14(13)19-2)8-16-5-3-4-11(16)9-17/h3-7,9H,8H2,1-2H3. The van der Waals surface area contributed by atoms with Crippen LogP contribution in [0.4, 0.5) is 0 Å². The van der Waals surface area contributed by atoms with Gasteiger partial charge in [0.2, 0.25) is 0 Å². The van der Waals surface area contributed by atoms with Crippen LogP contribution in [0.3, 0.4) is 0 Å². The van der Waals surface area contributed by atoms with Crippen molar-refractivity contribution in [2.75, 3.05) is 14.2 Å². The highest BCUT2D eigenvalue weighted by Crippen LogP contribution is 2.31. The van der Waals surface area contributed by atoms with Gasteiger partial charge in [-0.2, -0.15) is 0 Å². The molecule has 0 aliphatic heterocycles. The summed E-state index contributed by atoms with van der Waals surface area (Å²) in [6.45, 7) is 0.625. The molecule has 1 aromatic carbocycles. The lowest BCUT2D eigenvalue weighted by atomic mass is 10.2. The van der Waals surface area contributed by atoms with E-state index in [-0.39, 0.29) is 0 Å². The Kier molecular flexibility index (Phi) is 4.47. The summed E-state index contributed by atoms with van der Waals surface area (Å²) in [7, 11) is 3.23. The third-order valence-electron chi connectivity index (χ3n) is 2.88. The lowest BCUT2D eigenvalue weighted by Crippen LogP contribution is -2.05. The predicted molar refractivity (Wildman–Crippen MR) is 81.2 cm³/mol. The highest BCUT2D eigenvalue weighted by Gasteiger charge is 2.10. The molecule has 0 fully saturated rings. The zero-order valence-electron chi connectivity index (χ0n) is 10.7. The maximum absolute atomic E-state index is 10.9. The van der Waals surface area contributed by atoms with Crippen molar-refractivity contribution in [3.05, 3.63) is 45.3 Å². The first kappa shape index (κ1) is 13.9. The van der Waals surface area contributed by atoms with E-state index in [1.165, 1.54) is 0 Å². The average molecular weight is 371 g/mol. The first-order valence-corrected chi connectivity index (χ1v) is 6.78. The van der Waals surface area contributed by atoms with E-state index in [9.17, 15) is 4.79 Å². The molecule has 1 aromatic heterocycles. The molecule has 0 amide bonds. The van der Waals surface area contributed by atoms with Crippen molar-refractivity contribution in [2.24, 2.45) is 0 Å². The van der Waals surface area contributed by atoms with Crippen LogP contribution in [-0.2, 0) is 6.54 Å². The van der Waals surface area contributed by atoms with Crippen molar-refractivity contribution in [3.8, 4) is 11.5 Å². The average Bonchev–Trinajstić information content (AvgIpc) is 2.87. The second-order valence-corrected chi connectivity index (χ2v) is 5.14. The van der Waals surface area contributed by atoms with E-state index in [0.29, 0.717) is 23.7 Å². The van der Waals surface area contributed by atoms with Crippen LogP contribution in [0.5, 0.6) is 11.5 Å². The summed E-state index contributed by atoms with van der Waals surface area (Å²) in [4.78, 5) is 10.9. The molecule has 0 bridgehead atoms. The molecule has 0 aliphatic carbocycles. The number of halogens is 1. The van der Waals surface area contributed by atoms with Gasteiger partial charge >= 0.3 is 0 Å². The molecule has 0 aliphatic rings. The topological polar surface area (TPSA) is 40.5 Å². The summed E-state index contributed by atoms with van der Waals surface area (Å²) in [5.74, 6) is 1.40. The number of hydrogen-bond acceptors (Lipinski definition) is 3. The zero-order chi connectivity index (χ0) is 13.8. The van der Waals surface area contributed by atoms with Gasteiger partial charge in [-0.05, 0) is 52.4 Å². The largest absolute Gasteiger partial charge is 0.493 e. The Hall–Kier alpha value is -1.50. The van der Waals surface area contributed by atoms with E-state index in [1.54, 1.807) is 20.3 Å². The molecule has 1 heterocycles. The molecule has 0 saturated carbocycles. The highest BCUT2D eigenvalue weighted by molar-refractivity contribution is 14.1. The number of rotatable bonds is 5. The van der Waals surface area contributed by atoms with E-state index < -0.39 is 0 Å². The summed E-state index contributed by atoms with van der Waals surface area (Å²) >= 11 is 2.25. The van der Waals surface area contributed by atoms with E-state index >= 15 is 0 Å². The van der Waals surface area contributed by atoms with Crippen molar-refractivity contribution in [1.82, 2.24) is 4.57 Å². The van der Waals surface area contributed by atoms with Crippen molar-refractivity contribution < 1.29 is 14.3 Å². The summed E-state index contributed by atoms with van der Waals surface area (Å²) in [6.07, 6.45) is 2.74. The quantitative estimate of drug-likeness (QED) is 0.600. The fraction of sp³-hybridized carbons (Fsp3) is 0.214. The predicted octanol–water partition coefficient (Wildman–Crippen LogP) is 2.97. The van der Waals surface area contributed by atoms with Crippen LogP contribution >= 0.6 is 22.6 Å². The van der Waals surface area contributed by atoms with Gasteiger partial charge in [-0.25, -0.2) is 0 Å². The molecular weight excluding hydrogens is 357 g/mol. The number of aromatic nitrogens is 1. The minimum atomic E-state index is 0.625. The Morgan fingerprint density at radius 2 is 1.95 bits per heavy atom. The lowest BCUT2D eigenvalue weighted by molar-refractivity contribution is 0.111. The number of ether oxygens (including phenoxy) is 2. The van der Waals surface area contributed by atoms with Crippen molar-refractivity contribution in [3.63, 3.8) is 0 Å². The van der Waals surface area contributed by atoms with Gasteiger partial charge in [0.15, 0.2) is 17.8 Å². The molecule has 100 valence electrons. The van der Waals surface area contributed by atoms with Gasteiger partial charge in [-0.3, -0.25) is 4.79 Å². The van der Waals surface area contributed by atoms with Gasteiger partial charge in [0.05, 0.1) is 19.9 Å². The van der Waals surface area contributed by atoms with Gasteiger partial charge in [-0.15, -0.1) is 0 Å². The molecule has 4 nitrogen and oxygen atoms in total. The maximum atomic E-state index is 10.9.